The van der Waals surface area contributed by atoms with Crippen molar-refractivity contribution in [2.45, 2.75) is 25.4 Å². The number of carbonyl (C=O) groups excluding carboxylic acids is 1. The van der Waals surface area contributed by atoms with Crippen molar-refractivity contribution >= 4 is 5.91 Å². The standard InChI is InChI=1S/C18H19N3O2/c22-18-14-8-16(13-2-1-5-19-9-13)23-17(14)11-21(18)15-10-20-6-3-12(15)4-7-20/h1-2,5,8-9,12,15H,3-4,6-7,10-11H2/t15-/m0/s1. The zero-order chi connectivity index (χ0) is 15.4. The summed E-state index contributed by atoms with van der Waals surface area (Å²) in [4.78, 5) is 21.5. The Bertz CT molecular complexity index is 747. The average molecular weight is 309 g/mol. The molecule has 5 nitrogen and oxygen atoms in total. The zero-order valence-electron chi connectivity index (χ0n) is 12.9. The smallest absolute Gasteiger partial charge is 0.258 e. The van der Waals surface area contributed by atoms with Crippen molar-refractivity contribution in [3.8, 4) is 11.3 Å². The van der Waals surface area contributed by atoms with Gasteiger partial charge in [-0.1, -0.05) is 0 Å². The number of nitrogens with zero attached hydrogens (tertiary/aromatic N) is 3. The summed E-state index contributed by atoms with van der Waals surface area (Å²) in [5, 5.41) is 0. The molecule has 0 N–H and O–H groups in total. The minimum Gasteiger partial charge on any atom is -0.458 e. The lowest BCUT2D eigenvalue weighted by Crippen LogP contribution is -2.57. The molecular weight excluding hydrogens is 290 g/mol. The first-order valence-electron chi connectivity index (χ1n) is 8.36. The molecule has 3 fully saturated rings. The van der Waals surface area contributed by atoms with Crippen molar-refractivity contribution in [1.82, 2.24) is 14.8 Å². The molecular formula is C18H19N3O2. The van der Waals surface area contributed by atoms with Crippen LogP contribution < -0.4 is 0 Å². The second-order valence-electron chi connectivity index (χ2n) is 6.83. The molecule has 2 bridgehead atoms. The molecule has 6 rings (SSSR count). The highest BCUT2D eigenvalue weighted by Gasteiger charge is 2.43. The molecule has 2 aromatic rings. The van der Waals surface area contributed by atoms with Gasteiger partial charge in [0.2, 0.25) is 0 Å². The molecule has 2 aromatic heterocycles. The number of furan rings is 1. The minimum absolute atomic E-state index is 0.137. The summed E-state index contributed by atoms with van der Waals surface area (Å²) in [6.45, 7) is 4.02. The van der Waals surface area contributed by atoms with Gasteiger partial charge in [0.15, 0.2) is 0 Å². The Morgan fingerprint density at radius 2 is 2.13 bits per heavy atom. The van der Waals surface area contributed by atoms with Crippen LogP contribution in [0, 0.1) is 5.92 Å². The van der Waals surface area contributed by atoms with Crippen LogP contribution in [0.3, 0.4) is 0 Å². The van der Waals surface area contributed by atoms with Crippen molar-refractivity contribution < 1.29 is 9.21 Å². The van der Waals surface area contributed by atoms with Gasteiger partial charge in [-0.05, 0) is 50.0 Å². The highest BCUT2D eigenvalue weighted by Crippen LogP contribution is 2.37. The molecule has 4 aliphatic rings. The van der Waals surface area contributed by atoms with Crippen LogP contribution in [0.2, 0.25) is 0 Å². The summed E-state index contributed by atoms with van der Waals surface area (Å²) in [6.07, 6.45) is 5.94. The first kappa shape index (κ1) is 13.3. The van der Waals surface area contributed by atoms with E-state index in [1.807, 2.05) is 23.1 Å². The van der Waals surface area contributed by atoms with Crippen molar-refractivity contribution in [3.05, 3.63) is 41.9 Å². The summed E-state index contributed by atoms with van der Waals surface area (Å²) in [5.41, 5.74) is 1.66. The van der Waals surface area contributed by atoms with Crippen molar-refractivity contribution in [2.24, 2.45) is 5.92 Å². The van der Waals surface area contributed by atoms with Crippen LogP contribution in [-0.2, 0) is 6.54 Å². The van der Waals surface area contributed by atoms with Gasteiger partial charge in [-0.3, -0.25) is 9.78 Å². The van der Waals surface area contributed by atoms with E-state index in [1.165, 1.54) is 25.9 Å². The van der Waals surface area contributed by atoms with Gasteiger partial charge in [-0.25, -0.2) is 0 Å². The number of piperidine rings is 3. The molecule has 0 saturated carbocycles. The van der Waals surface area contributed by atoms with Crippen LogP contribution in [0.15, 0.2) is 35.0 Å². The monoisotopic (exact) mass is 309 g/mol. The second-order valence-corrected chi connectivity index (χ2v) is 6.83. The van der Waals surface area contributed by atoms with Crippen molar-refractivity contribution in [1.29, 1.82) is 0 Å². The van der Waals surface area contributed by atoms with E-state index in [4.69, 9.17) is 4.42 Å². The summed E-state index contributed by atoms with van der Waals surface area (Å²) in [5.74, 6) is 2.35. The number of aromatic nitrogens is 1. The quantitative estimate of drug-likeness (QED) is 0.855. The predicted octanol–water partition coefficient (Wildman–Crippen LogP) is 2.39. The summed E-state index contributed by atoms with van der Waals surface area (Å²) < 4.78 is 5.97. The molecule has 0 unspecified atom stereocenters. The van der Waals surface area contributed by atoms with Crippen LogP contribution in [0.25, 0.3) is 11.3 Å². The van der Waals surface area contributed by atoms with Crippen LogP contribution in [-0.4, -0.2) is 46.4 Å². The SMILES string of the molecule is O=C1c2cc(-c3cccnc3)oc2CN1[C@H]1CN2CCC1CC2. The third kappa shape index (κ3) is 2.03. The van der Waals surface area contributed by atoms with Gasteiger partial charge in [-0.15, -0.1) is 0 Å². The first-order chi connectivity index (χ1) is 11.3. The molecule has 0 radical (unpaired) electrons. The fourth-order valence-corrected chi connectivity index (χ4v) is 4.31. The number of carbonyl (C=O) groups is 1. The molecule has 0 spiro atoms. The van der Waals surface area contributed by atoms with Gasteiger partial charge >= 0.3 is 0 Å². The minimum atomic E-state index is 0.137. The third-order valence-electron chi connectivity index (χ3n) is 5.58. The summed E-state index contributed by atoms with van der Waals surface area (Å²) in [6, 6.07) is 6.08. The predicted molar refractivity (Wildman–Crippen MR) is 84.8 cm³/mol. The van der Waals surface area contributed by atoms with Crippen LogP contribution in [0.5, 0.6) is 0 Å². The van der Waals surface area contributed by atoms with E-state index in [0.29, 0.717) is 18.5 Å². The van der Waals surface area contributed by atoms with E-state index in [0.717, 1.165) is 29.2 Å². The Balaban J connectivity index is 1.42. The fraction of sp³-hybridized carbons (Fsp3) is 0.444. The van der Waals surface area contributed by atoms with Crippen LogP contribution >= 0.6 is 0 Å². The Kier molecular flexibility index (Phi) is 2.85. The molecule has 4 aliphatic heterocycles. The number of pyridine rings is 1. The van der Waals surface area contributed by atoms with E-state index in [-0.39, 0.29) is 5.91 Å². The van der Waals surface area contributed by atoms with E-state index in [9.17, 15) is 4.79 Å². The first-order valence-corrected chi connectivity index (χ1v) is 8.36. The van der Waals surface area contributed by atoms with Crippen LogP contribution in [0.1, 0.15) is 29.0 Å². The largest absolute Gasteiger partial charge is 0.458 e. The third-order valence-corrected chi connectivity index (χ3v) is 5.58. The maximum atomic E-state index is 12.8. The van der Waals surface area contributed by atoms with Gasteiger partial charge in [0.1, 0.15) is 11.5 Å². The normalized spacial score (nSPS) is 29.1. The van der Waals surface area contributed by atoms with Gasteiger partial charge in [0.05, 0.1) is 12.1 Å². The molecule has 0 aliphatic carbocycles. The van der Waals surface area contributed by atoms with Gasteiger partial charge in [-0.2, -0.15) is 0 Å². The van der Waals surface area contributed by atoms with E-state index >= 15 is 0 Å². The summed E-state index contributed by atoms with van der Waals surface area (Å²) >= 11 is 0. The number of rotatable bonds is 2. The van der Waals surface area contributed by atoms with Gasteiger partial charge in [0.25, 0.3) is 5.91 Å². The second kappa shape index (κ2) is 4.93. The molecule has 0 aromatic carbocycles. The zero-order valence-corrected chi connectivity index (χ0v) is 12.9. The molecule has 1 atom stereocenters. The molecule has 23 heavy (non-hydrogen) atoms. The Morgan fingerprint density at radius 3 is 2.78 bits per heavy atom. The number of fused-ring (bicyclic) bond motifs is 4. The topological polar surface area (TPSA) is 49.6 Å². The Labute approximate surface area is 134 Å². The number of amides is 1. The Morgan fingerprint density at radius 1 is 1.26 bits per heavy atom. The van der Waals surface area contributed by atoms with Crippen molar-refractivity contribution in [2.75, 3.05) is 19.6 Å². The lowest BCUT2D eigenvalue weighted by Gasteiger charge is -2.48. The van der Waals surface area contributed by atoms with Crippen LogP contribution in [0.4, 0.5) is 0 Å². The molecule has 5 heteroatoms. The lowest BCUT2D eigenvalue weighted by atomic mass is 9.83. The Hall–Kier alpha value is -2.14. The summed E-state index contributed by atoms with van der Waals surface area (Å²) in [7, 11) is 0. The van der Waals surface area contributed by atoms with E-state index in [1.54, 1.807) is 12.4 Å². The molecule has 3 saturated heterocycles. The number of hydrogen-bond donors (Lipinski definition) is 0. The maximum Gasteiger partial charge on any atom is 0.258 e. The highest BCUT2D eigenvalue weighted by molar-refractivity contribution is 5.99. The fourth-order valence-electron chi connectivity index (χ4n) is 4.31. The van der Waals surface area contributed by atoms with Crippen molar-refractivity contribution in [3.63, 3.8) is 0 Å². The highest BCUT2D eigenvalue weighted by atomic mass is 16.3. The molecule has 1 amide bonds. The van der Waals surface area contributed by atoms with E-state index < -0.39 is 0 Å². The van der Waals surface area contributed by atoms with E-state index in [2.05, 4.69) is 9.88 Å². The average Bonchev–Trinajstić information content (AvgIpc) is 3.16. The molecule has 118 valence electrons. The number of hydrogen-bond acceptors (Lipinski definition) is 4. The molecule has 6 heterocycles. The maximum absolute atomic E-state index is 12.8. The van der Waals surface area contributed by atoms with Gasteiger partial charge in [0, 0.05) is 30.5 Å². The lowest BCUT2D eigenvalue weighted by molar-refractivity contribution is 0.00723. The van der Waals surface area contributed by atoms with Gasteiger partial charge < -0.3 is 14.2 Å².